The van der Waals surface area contributed by atoms with E-state index >= 15 is 0 Å². The van der Waals surface area contributed by atoms with Crippen LogP contribution in [0.15, 0.2) is 30.7 Å². The number of halogens is 1. The summed E-state index contributed by atoms with van der Waals surface area (Å²) in [6, 6.07) is 3.88. The fourth-order valence-corrected chi connectivity index (χ4v) is 1.49. The van der Waals surface area contributed by atoms with E-state index in [1.165, 1.54) is 3.57 Å². The third-order valence-electron chi connectivity index (χ3n) is 1.86. The van der Waals surface area contributed by atoms with Gasteiger partial charge in [0, 0.05) is 12.4 Å². The molecule has 0 aliphatic rings. The van der Waals surface area contributed by atoms with Gasteiger partial charge in [0.05, 0.1) is 21.1 Å². The van der Waals surface area contributed by atoms with Crippen molar-refractivity contribution in [2.24, 2.45) is 0 Å². The molecule has 0 saturated heterocycles. The van der Waals surface area contributed by atoms with Gasteiger partial charge in [0.2, 0.25) is 0 Å². The molecule has 13 heavy (non-hydrogen) atoms. The molecule has 0 amide bonds. The van der Waals surface area contributed by atoms with E-state index in [0.29, 0.717) is 0 Å². The molecule has 0 N–H and O–H groups in total. The Bertz CT molecular complexity index is 408. The van der Waals surface area contributed by atoms with Gasteiger partial charge in [-0.3, -0.25) is 4.98 Å². The minimum Gasteiger partial charge on any atom is -0.265 e. The Labute approximate surface area is 89.9 Å². The smallest absolute Gasteiger partial charge is 0.0679 e. The van der Waals surface area contributed by atoms with Gasteiger partial charge in [-0.05, 0) is 41.6 Å². The zero-order valence-corrected chi connectivity index (χ0v) is 9.26. The summed E-state index contributed by atoms with van der Waals surface area (Å²) in [5, 5.41) is 4.27. The maximum Gasteiger partial charge on any atom is 0.0679 e. The molecule has 2 aromatic heterocycles. The molecular weight excluding hydrogens is 277 g/mol. The topological polar surface area (TPSA) is 30.7 Å². The SMILES string of the molecule is Cc1c(I)cnn1-c1ccncc1. The Morgan fingerprint density at radius 1 is 1.31 bits per heavy atom. The highest BCUT2D eigenvalue weighted by Crippen LogP contribution is 2.14. The maximum atomic E-state index is 4.27. The Hall–Kier alpha value is -0.910. The van der Waals surface area contributed by atoms with Gasteiger partial charge >= 0.3 is 0 Å². The van der Waals surface area contributed by atoms with Gasteiger partial charge in [0.1, 0.15) is 0 Å². The van der Waals surface area contributed by atoms with Crippen molar-refractivity contribution in [2.75, 3.05) is 0 Å². The minimum atomic E-state index is 1.05. The molecule has 0 bridgehead atoms. The molecule has 4 heteroatoms. The van der Waals surface area contributed by atoms with Crippen LogP contribution in [0.1, 0.15) is 5.69 Å². The van der Waals surface area contributed by atoms with Crippen LogP contribution >= 0.6 is 22.6 Å². The predicted octanol–water partition coefficient (Wildman–Crippen LogP) is 2.18. The first-order chi connectivity index (χ1) is 6.29. The molecule has 0 spiro atoms. The summed E-state index contributed by atoms with van der Waals surface area (Å²) < 4.78 is 3.08. The van der Waals surface area contributed by atoms with Crippen molar-refractivity contribution in [2.45, 2.75) is 6.92 Å². The van der Waals surface area contributed by atoms with E-state index in [1.807, 2.05) is 23.0 Å². The van der Waals surface area contributed by atoms with Gasteiger partial charge in [0.15, 0.2) is 0 Å². The first-order valence-corrected chi connectivity index (χ1v) is 4.97. The van der Waals surface area contributed by atoms with E-state index < -0.39 is 0 Å². The molecule has 0 fully saturated rings. The van der Waals surface area contributed by atoms with Crippen LogP contribution in [-0.2, 0) is 0 Å². The van der Waals surface area contributed by atoms with Crippen molar-refractivity contribution in [3.63, 3.8) is 0 Å². The summed E-state index contributed by atoms with van der Waals surface area (Å²) in [4.78, 5) is 3.96. The lowest BCUT2D eigenvalue weighted by Crippen LogP contribution is -1.98. The number of aromatic nitrogens is 3. The first kappa shape index (κ1) is 8.68. The van der Waals surface area contributed by atoms with Crippen LogP contribution in [0.2, 0.25) is 0 Å². The van der Waals surface area contributed by atoms with Gasteiger partial charge in [0.25, 0.3) is 0 Å². The van der Waals surface area contributed by atoms with Crippen LogP contribution in [0, 0.1) is 10.5 Å². The molecule has 0 atom stereocenters. The van der Waals surface area contributed by atoms with E-state index in [4.69, 9.17) is 0 Å². The fraction of sp³-hybridized carbons (Fsp3) is 0.111. The van der Waals surface area contributed by atoms with E-state index in [0.717, 1.165) is 11.4 Å². The summed E-state index contributed by atoms with van der Waals surface area (Å²) in [5.74, 6) is 0. The number of hydrogen-bond acceptors (Lipinski definition) is 2. The van der Waals surface area contributed by atoms with E-state index in [1.54, 1.807) is 12.4 Å². The molecular formula is C9H8IN3. The molecule has 3 nitrogen and oxygen atoms in total. The van der Waals surface area contributed by atoms with Gasteiger partial charge in [-0.1, -0.05) is 0 Å². The van der Waals surface area contributed by atoms with Crippen LogP contribution in [0.3, 0.4) is 0 Å². The Balaban J connectivity index is 2.53. The highest BCUT2D eigenvalue weighted by molar-refractivity contribution is 14.1. The summed E-state index contributed by atoms with van der Waals surface area (Å²) in [6.45, 7) is 2.05. The monoisotopic (exact) mass is 285 g/mol. The third-order valence-corrected chi connectivity index (χ3v) is 2.92. The summed E-state index contributed by atoms with van der Waals surface area (Å²) in [5.41, 5.74) is 2.21. The van der Waals surface area contributed by atoms with E-state index in [9.17, 15) is 0 Å². The quantitative estimate of drug-likeness (QED) is 0.752. The first-order valence-electron chi connectivity index (χ1n) is 3.89. The highest BCUT2D eigenvalue weighted by Gasteiger charge is 2.03. The van der Waals surface area contributed by atoms with Crippen molar-refractivity contribution in [1.82, 2.24) is 14.8 Å². The second-order valence-electron chi connectivity index (χ2n) is 2.70. The molecule has 2 rings (SSSR count). The maximum absolute atomic E-state index is 4.27. The van der Waals surface area contributed by atoms with Crippen LogP contribution in [0.25, 0.3) is 5.69 Å². The minimum absolute atomic E-state index is 1.05. The predicted molar refractivity (Wildman–Crippen MR) is 58.8 cm³/mol. The molecule has 0 saturated carbocycles. The van der Waals surface area contributed by atoms with Crippen molar-refractivity contribution in [3.8, 4) is 5.69 Å². The van der Waals surface area contributed by atoms with Crippen molar-refractivity contribution in [3.05, 3.63) is 40.0 Å². The average Bonchev–Trinajstić information content (AvgIpc) is 2.49. The van der Waals surface area contributed by atoms with Crippen LogP contribution in [0.5, 0.6) is 0 Å². The zero-order chi connectivity index (χ0) is 9.26. The molecule has 2 aromatic rings. The van der Waals surface area contributed by atoms with E-state index in [-0.39, 0.29) is 0 Å². The Kier molecular flexibility index (Phi) is 2.30. The van der Waals surface area contributed by atoms with Crippen molar-refractivity contribution >= 4 is 22.6 Å². The lowest BCUT2D eigenvalue weighted by atomic mass is 10.4. The fourth-order valence-electron chi connectivity index (χ4n) is 1.14. The second kappa shape index (κ2) is 3.45. The average molecular weight is 285 g/mol. The molecule has 0 aliphatic heterocycles. The zero-order valence-electron chi connectivity index (χ0n) is 7.11. The Morgan fingerprint density at radius 3 is 2.54 bits per heavy atom. The molecule has 0 aliphatic carbocycles. The number of rotatable bonds is 1. The number of hydrogen-bond donors (Lipinski definition) is 0. The van der Waals surface area contributed by atoms with Crippen LogP contribution in [0.4, 0.5) is 0 Å². The third kappa shape index (κ3) is 1.58. The van der Waals surface area contributed by atoms with Crippen molar-refractivity contribution < 1.29 is 0 Å². The molecule has 66 valence electrons. The van der Waals surface area contributed by atoms with Crippen LogP contribution < -0.4 is 0 Å². The summed E-state index contributed by atoms with van der Waals surface area (Å²) in [6.07, 6.45) is 5.39. The summed E-state index contributed by atoms with van der Waals surface area (Å²) >= 11 is 2.27. The number of nitrogens with zero attached hydrogens (tertiary/aromatic N) is 3. The van der Waals surface area contributed by atoms with Crippen molar-refractivity contribution in [1.29, 1.82) is 0 Å². The number of pyridine rings is 1. The lowest BCUT2D eigenvalue weighted by Gasteiger charge is -2.02. The molecule has 0 aromatic carbocycles. The lowest BCUT2D eigenvalue weighted by molar-refractivity contribution is 0.844. The second-order valence-corrected chi connectivity index (χ2v) is 3.86. The molecule has 0 unspecified atom stereocenters. The molecule has 0 radical (unpaired) electrons. The van der Waals surface area contributed by atoms with Crippen LogP contribution in [-0.4, -0.2) is 14.8 Å². The standard InChI is InChI=1S/C9H8IN3/c1-7-9(10)6-12-13(7)8-2-4-11-5-3-8/h2-6H,1H3. The van der Waals surface area contributed by atoms with Gasteiger partial charge in [-0.15, -0.1) is 0 Å². The van der Waals surface area contributed by atoms with Gasteiger partial charge in [-0.2, -0.15) is 5.10 Å². The Morgan fingerprint density at radius 2 is 2.00 bits per heavy atom. The van der Waals surface area contributed by atoms with E-state index in [2.05, 4.69) is 39.6 Å². The highest BCUT2D eigenvalue weighted by atomic mass is 127. The van der Waals surface area contributed by atoms with Gasteiger partial charge in [-0.25, -0.2) is 4.68 Å². The normalized spacial score (nSPS) is 10.3. The molecule has 2 heterocycles. The van der Waals surface area contributed by atoms with Gasteiger partial charge < -0.3 is 0 Å². The largest absolute Gasteiger partial charge is 0.265 e. The summed E-state index contributed by atoms with van der Waals surface area (Å²) in [7, 11) is 0.